The number of anilines is 2. The number of urea groups is 1. The average molecular weight is 415 g/mol. The number of hydrogen-bond donors (Lipinski definition) is 4. The fourth-order valence-electron chi connectivity index (χ4n) is 3.03. The maximum absolute atomic E-state index is 13.0. The number of rotatable bonds is 4. The molecule has 150 valence electrons. The van der Waals surface area contributed by atoms with Crippen molar-refractivity contribution in [3.05, 3.63) is 46.7 Å². The van der Waals surface area contributed by atoms with Gasteiger partial charge in [-0.25, -0.2) is 14.8 Å². The molecule has 0 unspecified atom stereocenters. The van der Waals surface area contributed by atoms with Gasteiger partial charge in [0.25, 0.3) is 0 Å². The number of nitrogens with one attached hydrogen (secondary N) is 4. The van der Waals surface area contributed by atoms with Crippen LogP contribution in [0.3, 0.4) is 0 Å². The molecule has 11 heteroatoms. The Labute approximate surface area is 164 Å². The van der Waals surface area contributed by atoms with E-state index in [1.165, 1.54) is 6.07 Å². The third-order valence-corrected chi connectivity index (χ3v) is 4.74. The average Bonchev–Trinajstić information content (AvgIpc) is 3.12. The lowest BCUT2D eigenvalue weighted by molar-refractivity contribution is -0.137. The van der Waals surface area contributed by atoms with Crippen molar-refractivity contribution in [1.82, 2.24) is 20.6 Å². The lowest BCUT2D eigenvalue weighted by Crippen LogP contribution is -2.49. The molecule has 7 nitrogen and oxygen atoms in total. The zero-order chi connectivity index (χ0) is 20.4. The van der Waals surface area contributed by atoms with Gasteiger partial charge in [0, 0.05) is 25.5 Å². The first-order valence-electron chi connectivity index (χ1n) is 8.41. The Morgan fingerprint density at radius 2 is 2.11 bits per heavy atom. The standard InChI is InChI=1S/C17H18ClF3N6O/c1-22-14-24-6-4-13(26-14)16(5-7-23-9-16)27-15(28)25-10-2-3-12(18)11(8-10)17(19,20)21/h2-4,6,8,23H,5,7,9H2,1H3,(H,22,24,26)(H2,25,27,28)/t16-/m0/s1. The highest BCUT2D eigenvalue weighted by Crippen LogP contribution is 2.36. The van der Waals surface area contributed by atoms with Crippen molar-refractivity contribution < 1.29 is 18.0 Å². The van der Waals surface area contributed by atoms with Crippen LogP contribution in [0.1, 0.15) is 17.7 Å². The summed E-state index contributed by atoms with van der Waals surface area (Å²) in [7, 11) is 1.68. The normalized spacial score (nSPS) is 19.3. The van der Waals surface area contributed by atoms with Crippen LogP contribution in [0, 0.1) is 0 Å². The van der Waals surface area contributed by atoms with Gasteiger partial charge in [-0.05, 0) is 37.2 Å². The summed E-state index contributed by atoms with van der Waals surface area (Å²) < 4.78 is 39.0. The smallest absolute Gasteiger partial charge is 0.357 e. The van der Waals surface area contributed by atoms with Gasteiger partial charge in [0.15, 0.2) is 0 Å². The van der Waals surface area contributed by atoms with E-state index in [9.17, 15) is 18.0 Å². The van der Waals surface area contributed by atoms with Gasteiger partial charge < -0.3 is 21.3 Å². The SMILES string of the molecule is CNc1nccc([C@]2(NC(=O)Nc3ccc(Cl)c(C(F)(F)F)c3)CCNC2)n1. The molecule has 0 aliphatic carbocycles. The Morgan fingerprint density at radius 1 is 1.32 bits per heavy atom. The van der Waals surface area contributed by atoms with Crippen LogP contribution in [0.2, 0.25) is 5.02 Å². The van der Waals surface area contributed by atoms with Gasteiger partial charge in [-0.3, -0.25) is 0 Å². The van der Waals surface area contributed by atoms with Gasteiger partial charge in [0.1, 0.15) is 0 Å². The number of carbonyl (C=O) groups is 1. The number of benzene rings is 1. The number of nitrogens with zero attached hydrogens (tertiary/aromatic N) is 2. The molecule has 1 aromatic carbocycles. The third-order valence-electron chi connectivity index (χ3n) is 4.41. The highest BCUT2D eigenvalue weighted by molar-refractivity contribution is 6.31. The summed E-state index contributed by atoms with van der Waals surface area (Å²) in [5.41, 5.74) is -1.25. The number of halogens is 4. The molecule has 1 aliphatic heterocycles. The van der Waals surface area contributed by atoms with Gasteiger partial charge in [0.05, 0.1) is 21.8 Å². The van der Waals surface area contributed by atoms with Gasteiger partial charge in [-0.2, -0.15) is 13.2 Å². The summed E-state index contributed by atoms with van der Waals surface area (Å²) in [5, 5.41) is 10.8. The molecule has 1 fully saturated rings. The van der Waals surface area contributed by atoms with Crippen LogP contribution in [0.25, 0.3) is 0 Å². The number of alkyl halides is 3. The van der Waals surface area contributed by atoms with Crippen molar-refractivity contribution in [2.75, 3.05) is 30.8 Å². The van der Waals surface area contributed by atoms with Crippen molar-refractivity contribution >= 4 is 29.3 Å². The Kier molecular flexibility index (Phi) is 5.61. The molecular weight excluding hydrogens is 397 g/mol. The summed E-state index contributed by atoms with van der Waals surface area (Å²) >= 11 is 5.61. The molecule has 2 amide bonds. The zero-order valence-corrected chi connectivity index (χ0v) is 15.6. The van der Waals surface area contributed by atoms with E-state index in [-0.39, 0.29) is 5.69 Å². The minimum atomic E-state index is -4.62. The highest BCUT2D eigenvalue weighted by Gasteiger charge is 2.39. The van der Waals surface area contributed by atoms with Crippen molar-refractivity contribution in [2.24, 2.45) is 0 Å². The van der Waals surface area contributed by atoms with E-state index in [4.69, 9.17) is 11.6 Å². The zero-order valence-electron chi connectivity index (χ0n) is 14.8. The first-order valence-corrected chi connectivity index (χ1v) is 8.79. The predicted molar refractivity (Wildman–Crippen MR) is 99.4 cm³/mol. The number of aromatic nitrogens is 2. The maximum atomic E-state index is 13.0. The number of amides is 2. The van der Waals surface area contributed by atoms with Crippen LogP contribution < -0.4 is 21.3 Å². The molecular formula is C17H18ClF3N6O. The predicted octanol–water partition coefficient (Wildman–Crippen LogP) is 3.20. The molecule has 0 spiro atoms. The Bertz CT molecular complexity index is 870. The van der Waals surface area contributed by atoms with Gasteiger partial charge in [-0.1, -0.05) is 11.6 Å². The monoisotopic (exact) mass is 414 g/mol. The molecule has 1 aliphatic rings. The maximum Gasteiger partial charge on any atom is 0.417 e. The van der Waals surface area contributed by atoms with Crippen molar-refractivity contribution in [3.8, 4) is 0 Å². The lowest BCUT2D eigenvalue weighted by atomic mass is 9.94. The van der Waals surface area contributed by atoms with Crippen molar-refractivity contribution in [3.63, 3.8) is 0 Å². The fourth-order valence-corrected chi connectivity index (χ4v) is 3.25. The van der Waals surface area contributed by atoms with E-state index in [1.54, 1.807) is 19.3 Å². The second-order valence-corrected chi connectivity index (χ2v) is 6.70. The van der Waals surface area contributed by atoms with E-state index in [0.717, 1.165) is 12.1 Å². The summed E-state index contributed by atoms with van der Waals surface area (Å²) in [6.07, 6.45) is -2.48. The molecule has 0 radical (unpaired) electrons. The molecule has 28 heavy (non-hydrogen) atoms. The topological polar surface area (TPSA) is 91.0 Å². The minimum absolute atomic E-state index is 0.0195. The van der Waals surface area contributed by atoms with Crippen LogP contribution >= 0.6 is 11.6 Å². The van der Waals surface area contributed by atoms with Crippen molar-refractivity contribution in [1.29, 1.82) is 0 Å². The molecule has 2 aromatic rings. The van der Waals surface area contributed by atoms with Crippen LogP contribution in [0.15, 0.2) is 30.5 Å². The highest BCUT2D eigenvalue weighted by atomic mass is 35.5. The molecule has 1 aromatic heterocycles. The van der Waals surface area contributed by atoms with E-state index in [2.05, 4.69) is 31.2 Å². The molecule has 1 saturated heterocycles. The number of carbonyl (C=O) groups excluding carboxylic acids is 1. The summed E-state index contributed by atoms with van der Waals surface area (Å²) in [6.45, 7) is 1.08. The van der Waals surface area contributed by atoms with Gasteiger partial charge in [0.2, 0.25) is 5.95 Å². The molecule has 0 saturated carbocycles. The molecule has 3 rings (SSSR count). The Hall–Kier alpha value is -2.59. The van der Waals surface area contributed by atoms with Crippen LogP contribution in [0.4, 0.5) is 29.6 Å². The molecule has 1 atom stereocenters. The Balaban J connectivity index is 1.81. The van der Waals surface area contributed by atoms with E-state index in [0.29, 0.717) is 31.2 Å². The van der Waals surface area contributed by atoms with Crippen molar-refractivity contribution in [2.45, 2.75) is 18.1 Å². The fraction of sp³-hybridized carbons (Fsp3) is 0.353. The summed E-state index contributed by atoms with van der Waals surface area (Å²) in [5.74, 6) is 0.401. The molecule has 4 N–H and O–H groups in total. The van der Waals surface area contributed by atoms with Crippen LogP contribution in [0.5, 0.6) is 0 Å². The largest absolute Gasteiger partial charge is 0.417 e. The van der Waals surface area contributed by atoms with E-state index in [1.807, 2.05) is 0 Å². The summed E-state index contributed by atoms with van der Waals surface area (Å²) in [6, 6.07) is 4.24. The second-order valence-electron chi connectivity index (χ2n) is 6.30. The quantitative estimate of drug-likeness (QED) is 0.616. The third kappa shape index (κ3) is 4.28. The molecule has 0 bridgehead atoms. The lowest BCUT2D eigenvalue weighted by Gasteiger charge is -2.29. The number of hydrogen-bond acceptors (Lipinski definition) is 5. The van der Waals surface area contributed by atoms with E-state index < -0.39 is 28.3 Å². The summed E-state index contributed by atoms with van der Waals surface area (Å²) in [4.78, 5) is 21.0. The first-order chi connectivity index (χ1) is 13.2. The first kappa shape index (κ1) is 20.2. The van der Waals surface area contributed by atoms with Crippen LogP contribution in [-0.2, 0) is 11.7 Å². The molecule has 2 heterocycles. The van der Waals surface area contributed by atoms with E-state index >= 15 is 0 Å². The van der Waals surface area contributed by atoms with Gasteiger partial charge >= 0.3 is 12.2 Å². The minimum Gasteiger partial charge on any atom is -0.357 e. The second kappa shape index (κ2) is 7.80. The van der Waals surface area contributed by atoms with Crippen LogP contribution in [-0.4, -0.2) is 36.1 Å². The van der Waals surface area contributed by atoms with Gasteiger partial charge in [-0.15, -0.1) is 0 Å². The Morgan fingerprint density at radius 3 is 2.75 bits per heavy atom.